The van der Waals surface area contributed by atoms with Crippen molar-refractivity contribution >= 4 is 5.91 Å². The number of hydrogen-bond acceptors (Lipinski definition) is 3. The minimum absolute atomic E-state index is 0.186. The molecule has 4 saturated carbocycles. The molecule has 1 aromatic heterocycles. The summed E-state index contributed by atoms with van der Waals surface area (Å²) in [5.74, 6) is 3.29. The smallest absolute Gasteiger partial charge is 0.224 e. The first-order chi connectivity index (χ1) is 12.6. The van der Waals surface area contributed by atoms with E-state index in [-0.39, 0.29) is 6.04 Å². The van der Waals surface area contributed by atoms with Gasteiger partial charge in [-0.1, -0.05) is 0 Å². The predicted molar refractivity (Wildman–Crippen MR) is 101 cm³/mol. The Hall–Kier alpha value is -1.36. The summed E-state index contributed by atoms with van der Waals surface area (Å²) in [7, 11) is 0. The molecular formula is C21H32N4O. The van der Waals surface area contributed by atoms with Gasteiger partial charge in [-0.05, 0) is 63.2 Å². The van der Waals surface area contributed by atoms with Crippen LogP contribution in [0, 0.1) is 17.8 Å². The fourth-order valence-electron chi connectivity index (χ4n) is 6.90. The highest BCUT2D eigenvalue weighted by Gasteiger charge is 2.53. The average Bonchev–Trinajstić information content (AvgIpc) is 3.15. The molecule has 5 heteroatoms. The zero-order valence-electron chi connectivity index (χ0n) is 16.0. The molecule has 6 rings (SSSR count). The molecule has 5 fully saturated rings. The summed E-state index contributed by atoms with van der Waals surface area (Å²) in [6, 6.07) is 0.186. The standard InChI is InChI=1S/C21H32N4O/c1-16(24-3-2-22-15-24)8-20(26)23-4-6-25(7-5-23)21-12-17-9-18(13-21)11-19(10-17)14-21/h2-3,15-19H,4-14H2,1H3. The van der Waals surface area contributed by atoms with Gasteiger partial charge in [-0.25, -0.2) is 4.98 Å². The van der Waals surface area contributed by atoms with Crippen molar-refractivity contribution in [3.63, 3.8) is 0 Å². The van der Waals surface area contributed by atoms with Crippen molar-refractivity contribution in [2.45, 2.75) is 63.5 Å². The Balaban J connectivity index is 1.18. The molecule has 4 aliphatic carbocycles. The maximum atomic E-state index is 12.7. The minimum Gasteiger partial charge on any atom is -0.340 e. The van der Waals surface area contributed by atoms with E-state index in [0.717, 1.165) is 43.9 Å². The van der Waals surface area contributed by atoms with Gasteiger partial charge >= 0.3 is 0 Å². The second kappa shape index (κ2) is 6.36. The molecule has 1 saturated heterocycles. The summed E-state index contributed by atoms with van der Waals surface area (Å²) in [5, 5.41) is 0. The molecule has 0 radical (unpaired) electrons. The van der Waals surface area contributed by atoms with Gasteiger partial charge in [-0.15, -0.1) is 0 Å². The van der Waals surface area contributed by atoms with Crippen LogP contribution < -0.4 is 0 Å². The third kappa shape index (κ3) is 2.88. The van der Waals surface area contributed by atoms with Crippen LogP contribution in [0.4, 0.5) is 0 Å². The lowest BCUT2D eigenvalue weighted by Gasteiger charge is -2.61. The molecule has 1 aromatic rings. The van der Waals surface area contributed by atoms with Crippen molar-refractivity contribution in [3.05, 3.63) is 18.7 Å². The molecule has 26 heavy (non-hydrogen) atoms. The first-order valence-electron chi connectivity index (χ1n) is 10.6. The summed E-state index contributed by atoms with van der Waals surface area (Å²) < 4.78 is 2.03. The number of hydrogen-bond donors (Lipinski definition) is 0. The lowest BCUT2D eigenvalue weighted by Crippen LogP contribution is -2.64. The fraction of sp³-hybridized carbons (Fsp3) is 0.810. The van der Waals surface area contributed by atoms with Crippen LogP contribution in [0.5, 0.6) is 0 Å². The molecule has 1 unspecified atom stereocenters. The summed E-state index contributed by atoms with van der Waals surface area (Å²) in [6.07, 6.45) is 14.9. The number of nitrogens with zero attached hydrogens (tertiary/aromatic N) is 4. The molecule has 5 aliphatic rings. The lowest BCUT2D eigenvalue weighted by molar-refractivity contribution is -0.139. The Morgan fingerprint density at radius 2 is 1.69 bits per heavy atom. The van der Waals surface area contributed by atoms with Crippen LogP contribution in [0.15, 0.2) is 18.7 Å². The molecule has 4 bridgehead atoms. The number of imidazole rings is 1. The van der Waals surface area contributed by atoms with Crippen molar-refractivity contribution in [3.8, 4) is 0 Å². The van der Waals surface area contributed by atoms with Gasteiger partial charge in [-0.3, -0.25) is 9.69 Å². The third-order valence-corrected chi connectivity index (χ3v) is 7.81. The number of amides is 1. The monoisotopic (exact) mass is 356 g/mol. The van der Waals surface area contributed by atoms with Crippen LogP contribution in [0.25, 0.3) is 0 Å². The van der Waals surface area contributed by atoms with Crippen molar-refractivity contribution < 1.29 is 4.79 Å². The van der Waals surface area contributed by atoms with Gasteiger partial charge < -0.3 is 9.47 Å². The average molecular weight is 357 g/mol. The Morgan fingerprint density at radius 1 is 1.08 bits per heavy atom. The highest BCUT2D eigenvalue weighted by atomic mass is 16.2. The minimum atomic E-state index is 0.186. The van der Waals surface area contributed by atoms with E-state index in [1.54, 1.807) is 6.20 Å². The van der Waals surface area contributed by atoms with Crippen LogP contribution in [0.3, 0.4) is 0 Å². The van der Waals surface area contributed by atoms with Gasteiger partial charge in [0.15, 0.2) is 0 Å². The number of piperazine rings is 1. The molecule has 1 aliphatic heterocycles. The van der Waals surface area contributed by atoms with E-state index in [9.17, 15) is 4.79 Å². The van der Waals surface area contributed by atoms with E-state index in [0.29, 0.717) is 17.9 Å². The Morgan fingerprint density at radius 3 is 2.23 bits per heavy atom. The van der Waals surface area contributed by atoms with Crippen LogP contribution in [-0.2, 0) is 4.79 Å². The van der Waals surface area contributed by atoms with Crippen molar-refractivity contribution in [1.29, 1.82) is 0 Å². The molecule has 1 amide bonds. The first-order valence-corrected chi connectivity index (χ1v) is 10.6. The number of aromatic nitrogens is 2. The number of carbonyl (C=O) groups is 1. The van der Waals surface area contributed by atoms with Crippen molar-refractivity contribution in [1.82, 2.24) is 19.4 Å². The van der Waals surface area contributed by atoms with Gasteiger partial charge in [0.2, 0.25) is 5.91 Å². The van der Waals surface area contributed by atoms with Gasteiger partial charge in [0.05, 0.1) is 6.33 Å². The largest absolute Gasteiger partial charge is 0.340 e. The zero-order chi connectivity index (χ0) is 17.7. The van der Waals surface area contributed by atoms with Gasteiger partial charge in [0, 0.05) is 56.6 Å². The maximum Gasteiger partial charge on any atom is 0.224 e. The highest BCUT2D eigenvalue weighted by Crippen LogP contribution is 2.57. The van der Waals surface area contributed by atoms with Crippen LogP contribution in [0.2, 0.25) is 0 Å². The summed E-state index contributed by atoms with van der Waals surface area (Å²) >= 11 is 0. The normalized spacial score (nSPS) is 37.9. The fourth-order valence-corrected chi connectivity index (χ4v) is 6.90. The van der Waals surface area contributed by atoms with E-state index in [4.69, 9.17) is 0 Å². The van der Waals surface area contributed by atoms with Crippen molar-refractivity contribution in [2.75, 3.05) is 26.2 Å². The van der Waals surface area contributed by atoms with E-state index in [1.165, 1.54) is 38.5 Å². The summed E-state index contributed by atoms with van der Waals surface area (Å²) in [6.45, 7) is 6.09. The van der Waals surface area contributed by atoms with Crippen molar-refractivity contribution in [2.24, 2.45) is 17.8 Å². The highest BCUT2D eigenvalue weighted by molar-refractivity contribution is 5.76. The van der Waals surface area contributed by atoms with E-state index < -0.39 is 0 Å². The molecular weight excluding hydrogens is 324 g/mol. The molecule has 142 valence electrons. The third-order valence-electron chi connectivity index (χ3n) is 7.81. The molecule has 5 nitrogen and oxygen atoms in total. The summed E-state index contributed by atoms with van der Waals surface area (Å²) in [5.41, 5.74) is 0.494. The van der Waals surface area contributed by atoms with Crippen LogP contribution in [-0.4, -0.2) is 57.0 Å². The Bertz CT molecular complexity index is 612. The molecule has 2 heterocycles. The van der Waals surface area contributed by atoms with Gasteiger partial charge in [0.25, 0.3) is 0 Å². The van der Waals surface area contributed by atoms with E-state index in [2.05, 4.69) is 21.7 Å². The number of rotatable bonds is 4. The first kappa shape index (κ1) is 16.8. The predicted octanol–water partition coefficient (Wildman–Crippen LogP) is 2.95. The second-order valence-electron chi connectivity index (χ2n) is 9.57. The Kier molecular flexibility index (Phi) is 4.11. The number of carbonyl (C=O) groups excluding carboxylic acids is 1. The molecule has 0 aromatic carbocycles. The summed E-state index contributed by atoms with van der Waals surface area (Å²) in [4.78, 5) is 21.7. The van der Waals surface area contributed by atoms with E-state index >= 15 is 0 Å². The van der Waals surface area contributed by atoms with Gasteiger partial charge in [0.1, 0.15) is 0 Å². The SMILES string of the molecule is CC(CC(=O)N1CCN(C23CC4CC(CC(C4)C2)C3)CC1)n1ccnc1. The quantitative estimate of drug-likeness (QED) is 0.833. The van der Waals surface area contributed by atoms with Crippen LogP contribution in [0.1, 0.15) is 57.9 Å². The molecule has 0 N–H and O–H groups in total. The maximum absolute atomic E-state index is 12.7. The Labute approximate surface area is 156 Å². The van der Waals surface area contributed by atoms with Crippen LogP contribution >= 0.6 is 0 Å². The topological polar surface area (TPSA) is 41.4 Å². The zero-order valence-corrected chi connectivity index (χ0v) is 16.0. The molecule has 1 atom stereocenters. The lowest BCUT2D eigenvalue weighted by atomic mass is 9.52. The van der Waals surface area contributed by atoms with Gasteiger partial charge in [-0.2, -0.15) is 0 Å². The van der Waals surface area contributed by atoms with E-state index in [1.807, 2.05) is 17.1 Å². The second-order valence-corrected chi connectivity index (χ2v) is 9.57. The molecule has 0 spiro atoms.